The van der Waals surface area contributed by atoms with Gasteiger partial charge in [0, 0.05) is 56.6 Å². The smallest absolute Gasteiger partial charge is 0.433 e. The van der Waals surface area contributed by atoms with Crippen molar-refractivity contribution in [3.63, 3.8) is 0 Å². The van der Waals surface area contributed by atoms with Gasteiger partial charge in [-0.05, 0) is 71.7 Å². The van der Waals surface area contributed by atoms with Gasteiger partial charge in [0.15, 0.2) is 11.6 Å². The summed E-state index contributed by atoms with van der Waals surface area (Å²) in [4.78, 5) is 79.7. The number of hydrogen-bond acceptors (Lipinski definition) is 16. The molecule has 0 spiro atoms. The second-order valence-corrected chi connectivity index (χ2v) is 18.6. The maximum atomic E-state index is 13.5. The third kappa shape index (κ3) is 13.4. The summed E-state index contributed by atoms with van der Waals surface area (Å²) < 4.78 is 84.8. The number of pyridine rings is 2. The first kappa shape index (κ1) is 54.3. The lowest BCUT2D eigenvalue weighted by Gasteiger charge is -2.33. The molecule has 0 aliphatic carbocycles. The van der Waals surface area contributed by atoms with Crippen LogP contribution in [0.3, 0.4) is 0 Å². The van der Waals surface area contributed by atoms with Crippen molar-refractivity contribution in [2.45, 2.75) is 105 Å². The van der Waals surface area contributed by atoms with E-state index in [4.69, 9.17) is 4.74 Å². The molecule has 2 aliphatic heterocycles. The zero-order valence-corrected chi connectivity index (χ0v) is 42.1. The second-order valence-electron chi connectivity index (χ2n) is 18.6. The molecule has 6 aromatic heterocycles. The number of nitrogens with zero attached hydrogens (tertiary/aromatic N) is 13. The fraction of sp³-hybridized carbons (Fsp3) is 0.404. The lowest BCUT2D eigenvalue weighted by atomic mass is 10.2. The average molecular weight is 1050 g/mol. The minimum atomic E-state index is -4.54. The number of rotatable bonds is 12. The molecule has 8 rings (SSSR count). The number of carbonyl (C=O) groups excluding carboxylic acids is 4. The summed E-state index contributed by atoms with van der Waals surface area (Å²) in [6.07, 6.45) is -0.894. The lowest BCUT2D eigenvalue weighted by Crippen LogP contribution is -2.46. The Balaban J connectivity index is 0.000000228. The van der Waals surface area contributed by atoms with Crippen molar-refractivity contribution in [2.75, 3.05) is 51.3 Å². The number of alkyl carbamates (subject to hydrolysis) is 1. The van der Waals surface area contributed by atoms with Crippen LogP contribution in [0, 0.1) is 13.8 Å². The van der Waals surface area contributed by atoms with E-state index in [1.54, 1.807) is 95.6 Å². The first-order valence-corrected chi connectivity index (χ1v) is 23.1. The molecular formula is C47H53F6N17O5. The molecule has 0 bridgehead atoms. The number of aromatic nitrogens is 10. The highest BCUT2D eigenvalue weighted by Gasteiger charge is 2.35. The molecule has 0 unspecified atom stereocenters. The largest absolute Gasteiger partial charge is 0.444 e. The number of anilines is 6. The highest BCUT2D eigenvalue weighted by Crippen LogP contribution is 2.35. The van der Waals surface area contributed by atoms with Crippen LogP contribution < -0.4 is 36.0 Å². The van der Waals surface area contributed by atoms with Gasteiger partial charge in [0.1, 0.15) is 47.0 Å². The summed E-state index contributed by atoms with van der Waals surface area (Å²) in [6, 6.07) is 3.68. The molecular weight excluding hydrogens is 997 g/mol. The van der Waals surface area contributed by atoms with Crippen molar-refractivity contribution < 1.29 is 50.3 Å². The Bertz CT molecular complexity index is 3070. The van der Waals surface area contributed by atoms with Crippen LogP contribution in [-0.4, -0.2) is 112 Å². The zero-order valence-electron chi connectivity index (χ0n) is 42.1. The Morgan fingerprint density at radius 3 is 1.68 bits per heavy atom. The summed E-state index contributed by atoms with van der Waals surface area (Å²) >= 11 is 0. The minimum Gasteiger partial charge on any atom is -0.444 e. The van der Waals surface area contributed by atoms with Crippen LogP contribution in [-0.2, 0) is 57.7 Å². The van der Waals surface area contributed by atoms with Crippen molar-refractivity contribution in [2.24, 2.45) is 0 Å². The molecule has 6 aromatic rings. The quantitative estimate of drug-likeness (QED) is 0.101. The number of alkyl halides is 6. The molecule has 8 heterocycles. The van der Waals surface area contributed by atoms with E-state index < -0.39 is 53.9 Å². The van der Waals surface area contributed by atoms with E-state index in [2.05, 4.69) is 61.4 Å². The summed E-state index contributed by atoms with van der Waals surface area (Å²) in [5.74, 6) is 0.608. The van der Waals surface area contributed by atoms with Crippen molar-refractivity contribution >= 4 is 58.7 Å². The number of halogens is 6. The number of amides is 4. The highest BCUT2D eigenvalue weighted by molar-refractivity contribution is 6.04. The van der Waals surface area contributed by atoms with Gasteiger partial charge in [0.05, 0.1) is 43.4 Å². The fourth-order valence-electron chi connectivity index (χ4n) is 7.37. The third-order valence-electron chi connectivity index (χ3n) is 11.6. The topological polar surface area (TPSA) is 248 Å². The number of hydrogen-bond donors (Lipinski definition) is 4. The monoisotopic (exact) mass is 1050 g/mol. The van der Waals surface area contributed by atoms with Gasteiger partial charge in [-0.25, -0.2) is 14.8 Å². The van der Waals surface area contributed by atoms with Crippen LogP contribution in [0.5, 0.6) is 0 Å². The van der Waals surface area contributed by atoms with E-state index in [0.29, 0.717) is 70.1 Å². The molecule has 2 atom stereocenters. The number of ether oxygens (including phenoxy) is 1. The predicted octanol–water partition coefficient (Wildman–Crippen LogP) is 6.11. The average Bonchev–Trinajstić information content (AvgIpc) is 3.99. The van der Waals surface area contributed by atoms with E-state index in [1.807, 2.05) is 0 Å². The van der Waals surface area contributed by atoms with Gasteiger partial charge in [0.2, 0.25) is 29.6 Å². The van der Waals surface area contributed by atoms with Gasteiger partial charge in [-0.1, -0.05) is 12.1 Å². The molecule has 4 amide bonds. The molecule has 0 saturated carbocycles. The minimum absolute atomic E-state index is 0.0297. The molecule has 0 fully saturated rings. The van der Waals surface area contributed by atoms with Crippen molar-refractivity contribution in [3.05, 3.63) is 106 Å². The molecule has 0 saturated heterocycles. The highest BCUT2D eigenvalue weighted by atomic mass is 19.4. The Labute approximate surface area is 425 Å². The standard InChI is InChI=1S/C27H32F3N9O4.C20H21F3N8O/c1-15-21-22(37(6)16(2)23(41)35-21)36-24(34-15)39(20(40)11-32-25(42)43-26(3,4)5)14-18-10-33-38(13-18)12-17-7-8-19(31-9-17)27(28,29)30;1-11-16-17(30(3)12(2)18(32)28-16)29-19(27-11)25-7-14-8-26-31(10-14)9-13-4-5-15(24-6-13)20(21,22)23/h7-10,13,16H,11-12,14H2,1-6H3,(H,32,42)(H,35,41);4-6,8,10,12H,7,9H2,1-3H3,(H,28,32)(H,25,27,29)/t16-;12-/m00/s1. The summed E-state index contributed by atoms with van der Waals surface area (Å²) in [5, 5.41) is 19.7. The molecule has 398 valence electrons. The van der Waals surface area contributed by atoms with Gasteiger partial charge in [-0.2, -0.15) is 46.5 Å². The van der Waals surface area contributed by atoms with Crippen LogP contribution in [0.4, 0.5) is 66.0 Å². The summed E-state index contributed by atoms with van der Waals surface area (Å²) in [6.45, 7) is 12.4. The number of fused-ring (bicyclic) bond motifs is 2. The molecule has 0 aromatic carbocycles. The first-order valence-electron chi connectivity index (χ1n) is 23.1. The lowest BCUT2D eigenvalue weighted by molar-refractivity contribution is -0.142. The normalized spacial score (nSPS) is 15.5. The Morgan fingerprint density at radius 2 is 1.19 bits per heavy atom. The fourth-order valence-corrected chi connectivity index (χ4v) is 7.37. The van der Waals surface area contributed by atoms with E-state index in [1.165, 1.54) is 34.1 Å². The maximum Gasteiger partial charge on any atom is 0.433 e. The molecule has 2 aliphatic rings. The van der Waals surface area contributed by atoms with Crippen LogP contribution in [0.25, 0.3) is 0 Å². The Kier molecular flexibility index (Phi) is 15.6. The van der Waals surface area contributed by atoms with Crippen LogP contribution >= 0.6 is 0 Å². The van der Waals surface area contributed by atoms with E-state index >= 15 is 0 Å². The summed E-state index contributed by atoms with van der Waals surface area (Å²) in [5.41, 5.74) is 1.90. The Morgan fingerprint density at radius 1 is 0.693 bits per heavy atom. The summed E-state index contributed by atoms with van der Waals surface area (Å²) in [7, 11) is 3.51. The number of likely N-dealkylation sites (N-methyl/N-ethyl adjacent to an activating group) is 2. The number of aryl methyl sites for hydroxylation is 2. The van der Waals surface area contributed by atoms with E-state index in [-0.39, 0.29) is 36.9 Å². The molecule has 4 N–H and O–H groups in total. The van der Waals surface area contributed by atoms with Crippen molar-refractivity contribution in [1.29, 1.82) is 0 Å². The van der Waals surface area contributed by atoms with Gasteiger partial charge in [0.25, 0.3) is 0 Å². The van der Waals surface area contributed by atoms with E-state index in [9.17, 15) is 45.5 Å². The predicted molar refractivity (Wildman–Crippen MR) is 260 cm³/mol. The SMILES string of the molecule is Cc1nc(N(Cc2cnn(Cc3ccc(C(F)(F)F)nc3)c2)C(=O)CNC(=O)OC(C)(C)C)nc2c1NC(=O)[C@H](C)N2C.Cc1nc(NCc2cnn(Cc3ccc(C(F)(F)F)nc3)c2)nc2c1NC(=O)[C@H](C)N2C. The van der Waals surface area contributed by atoms with Crippen molar-refractivity contribution in [1.82, 2.24) is 54.8 Å². The molecule has 75 heavy (non-hydrogen) atoms. The van der Waals surface area contributed by atoms with Gasteiger partial charge < -0.3 is 35.8 Å². The van der Waals surface area contributed by atoms with Crippen LogP contribution in [0.1, 0.15) is 79.6 Å². The van der Waals surface area contributed by atoms with Gasteiger partial charge in [-0.15, -0.1) is 0 Å². The number of nitrogens with one attached hydrogen (secondary N) is 4. The maximum absolute atomic E-state index is 13.5. The van der Waals surface area contributed by atoms with Crippen LogP contribution in [0.15, 0.2) is 61.4 Å². The van der Waals surface area contributed by atoms with E-state index in [0.717, 1.165) is 23.9 Å². The van der Waals surface area contributed by atoms with Crippen LogP contribution in [0.2, 0.25) is 0 Å². The van der Waals surface area contributed by atoms with Gasteiger partial charge in [-0.3, -0.25) is 38.6 Å². The van der Waals surface area contributed by atoms with Gasteiger partial charge >= 0.3 is 18.4 Å². The first-order chi connectivity index (χ1) is 35.1. The number of carbonyl (C=O) groups is 4. The second kappa shape index (κ2) is 21.6. The Hall–Kier alpha value is -8.46. The van der Waals surface area contributed by atoms with Crippen molar-refractivity contribution in [3.8, 4) is 0 Å². The molecule has 22 nitrogen and oxygen atoms in total. The zero-order chi connectivity index (χ0) is 54.7. The molecule has 28 heteroatoms. The third-order valence-corrected chi connectivity index (χ3v) is 11.6. The molecule has 0 radical (unpaired) electrons.